The molecule has 2 aromatic heterocycles. The van der Waals surface area contributed by atoms with Crippen LogP contribution in [0.15, 0.2) is 85.1 Å². The highest BCUT2D eigenvalue weighted by molar-refractivity contribution is 5.84. The lowest BCUT2D eigenvalue weighted by atomic mass is 9.91. The van der Waals surface area contributed by atoms with Crippen LogP contribution in [0.1, 0.15) is 22.9 Å². The fraction of sp³-hybridized carbons (Fsp3) is 0.185. The summed E-state index contributed by atoms with van der Waals surface area (Å²) in [5, 5.41) is 16.4. The van der Waals surface area contributed by atoms with Crippen LogP contribution in [0.3, 0.4) is 0 Å². The van der Waals surface area contributed by atoms with Crippen LogP contribution in [-0.4, -0.2) is 44.8 Å². The molecular formula is C27H26N6O3. The maximum absolute atomic E-state index is 12.8. The Bertz CT molecular complexity index is 1430. The third-order valence-corrected chi connectivity index (χ3v) is 5.91. The van der Waals surface area contributed by atoms with Gasteiger partial charge in [-0.3, -0.25) is 4.79 Å². The summed E-state index contributed by atoms with van der Waals surface area (Å²) < 4.78 is 11.0. The van der Waals surface area contributed by atoms with Crippen molar-refractivity contribution in [3.05, 3.63) is 102 Å². The zero-order valence-electron chi connectivity index (χ0n) is 19.8. The Morgan fingerprint density at radius 2 is 1.78 bits per heavy atom. The number of carbonyl (C=O) groups is 1. The van der Waals surface area contributed by atoms with E-state index in [4.69, 9.17) is 9.47 Å². The summed E-state index contributed by atoms with van der Waals surface area (Å²) in [5.41, 5.74) is 3.23. The van der Waals surface area contributed by atoms with Crippen molar-refractivity contribution >= 4 is 16.8 Å². The summed E-state index contributed by atoms with van der Waals surface area (Å²) in [4.78, 5) is 17.4. The van der Waals surface area contributed by atoms with Gasteiger partial charge in [-0.2, -0.15) is 4.80 Å². The lowest BCUT2D eigenvalue weighted by Gasteiger charge is -2.18. The van der Waals surface area contributed by atoms with Crippen LogP contribution in [0.2, 0.25) is 0 Å². The summed E-state index contributed by atoms with van der Waals surface area (Å²) in [6, 6.07) is 25.4. The third-order valence-electron chi connectivity index (χ3n) is 5.91. The number of carbonyl (C=O) groups excluding carboxylic acids is 1. The van der Waals surface area contributed by atoms with E-state index in [1.807, 2.05) is 79.0 Å². The summed E-state index contributed by atoms with van der Waals surface area (Å²) in [6.45, 7) is 0.541. The molecule has 3 aromatic carbocycles. The SMILES string of the molecule is COc1ccc(C(CNC(=O)Cn2nnc(COc3ccccc3)n2)c2c[nH]c3ccccc23)cc1. The lowest BCUT2D eigenvalue weighted by molar-refractivity contribution is -0.122. The number of ether oxygens (including phenoxy) is 2. The highest BCUT2D eigenvalue weighted by atomic mass is 16.5. The number of para-hydroxylation sites is 2. The predicted molar refractivity (Wildman–Crippen MR) is 135 cm³/mol. The van der Waals surface area contributed by atoms with Crippen molar-refractivity contribution in [1.82, 2.24) is 30.5 Å². The van der Waals surface area contributed by atoms with Crippen molar-refractivity contribution in [1.29, 1.82) is 0 Å². The molecule has 1 amide bonds. The minimum atomic E-state index is -0.207. The number of hydrogen-bond donors (Lipinski definition) is 2. The van der Waals surface area contributed by atoms with E-state index in [0.717, 1.165) is 27.8 Å². The average molecular weight is 483 g/mol. The number of fused-ring (bicyclic) bond motifs is 1. The molecule has 2 N–H and O–H groups in total. The second-order valence-corrected chi connectivity index (χ2v) is 8.26. The molecule has 9 heteroatoms. The van der Waals surface area contributed by atoms with E-state index >= 15 is 0 Å². The van der Waals surface area contributed by atoms with E-state index in [9.17, 15) is 4.79 Å². The molecule has 0 bridgehead atoms. The van der Waals surface area contributed by atoms with E-state index in [0.29, 0.717) is 18.1 Å². The molecule has 0 aliphatic carbocycles. The number of nitrogens with zero attached hydrogens (tertiary/aromatic N) is 4. The molecule has 5 rings (SSSR count). The first-order valence-corrected chi connectivity index (χ1v) is 11.6. The van der Waals surface area contributed by atoms with E-state index in [2.05, 4.69) is 31.8 Å². The third kappa shape index (κ3) is 5.35. The van der Waals surface area contributed by atoms with Crippen LogP contribution in [0.25, 0.3) is 10.9 Å². The minimum Gasteiger partial charge on any atom is -0.497 e. The van der Waals surface area contributed by atoms with Crippen LogP contribution >= 0.6 is 0 Å². The maximum Gasteiger partial charge on any atom is 0.243 e. The number of nitrogens with one attached hydrogen (secondary N) is 2. The molecule has 2 heterocycles. The Morgan fingerprint density at radius 3 is 2.58 bits per heavy atom. The summed E-state index contributed by atoms with van der Waals surface area (Å²) in [7, 11) is 1.64. The molecule has 0 spiro atoms. The molecular weight excluding hydrogens is 456 g/mol. The molecule has 0 saturated heterocycles. The van der Waals surface area contributed by atoms with E-state index < -0.39 is 0 Å². The van der Waals surface area contributed by atoms with E-state index in [1.54, 1.807) is 7.11 Å². The fourth-order valence-electron chi connectivity index (χ4n) is 4.09. The van der Waals surface area contributed by atoms with Crippen molar-refractivity contribution < 1.29 is 14.3 Å². The van der Waals surface area contributed by atoms with Crippen molar-refractivity contribution in [2.24, 2.45) is 0 Å². The number of amides is 1. The second-order valence-electron chi connectivity index (χ2n) is 8.26. The summed E-state index contributed by atoms with van der Waals surface area (Å²) >= 11 is 0. The van der Waals surface area contributed by atoms with Gasteiger partial charge in [0.2, 0.25) is 11.7 Å². The van der Waals surface area contributed by atoms with Crippen LogP contribution in [0.4, 0.5) is 0 Å². The number of aromatic amines is 1. The molecule has 1 unspecified atom stereocenters. The number of benzene rings is 3. The Morgan fingerprint density at radius 1 is 1.00 bits per heavy atom. The standard InChI is InChI=1S/C27H26N6O3/c1-35-20-13-11-19(12-14-20)23(24-16-28-25-10-6-5-9-22(24)25)15-29-27(34)17-33-31-26(30-32-33)18-36-21-7-3-2-4-8-21/h2-14,16,23,28H,15,17-18H2,1H3,(H,29,34). The van der Waals surface area contributed by atoms with E-state index in [-0.39, 0.29) is 25.0 Å². The zero-order chi connectivity index (χ0) is 24.7. The molecule has 0 fully saturated rings. The maximum atomic E-state index is 12.8. The first kappa shape index (κ1) is 23.1. The number of tetrazole rings is 1. The highest BCUT2D eigenvalue weighted by Crippen LogP contribution is 2.31. The highest BCUT2D eigenvalue weighted by Gasteiger charge is 2.20. The normalized spacial score (nSPS) is 11.8. The second kappa shape index (κ2) is 10.7. The minimum absolute atomic E-state index is 0.0401. The number of H-pyrrole nitrogens is 1. The van der Waals surface area contributed by atoms with Gasteiger partial charge >= 0.3 is 0 Å². The Labute approximate surface area is 208 Å². The van der Waals surface area contributed by atoms with E-state index in [1.165, 1.54) is 4.80 Å². The molecule has 0 aliphatic rings. The molecule has 36 heavy (non-hydrogen) atoms. The monoisotopic (exact) mass is 482 g/mol. The Hall–Kier alpha value is -4.66. The van der Waals surface area contributed by atoms with Gasteiger partial charge in [-0.05, 0) is 46.7 Å². The largest absolute Gasteiger partial charge is 0.497 e. The number of methoxy groups -OCH3 is 1. The van der Waals surface area contributed by atoms with Gasteiger partial charge in [-0.15, -0.1) is 10.2 Å². The smallest absolute Gasteiger partial charge is 0.243 e. The predicted octanol–water partition coefficient (Wildman–Crippen LogP) is 3.69. The summed E-state index contributed by atoms with van der Waals surface area (Å²) in [6.07, 6.45) is 2.00. The Balaban J connectivity index is 1.25. The fourth-order valence-corrected chi connectivity index (χ4v) is 4.09. The number of aromatic nitrogens is 5. The van der Waals surface area contributed by atoms with Gasteiger partial charge in [-0.25, -0.2) is 0 Å². The molecule has 5 aromatic rings. The van der Waals surface area contributed by atoms with Crippen molar-refractivity contribution in [2.45, 2.75) is 19.1 Å². The van der Waals surface area contributed by atoms with Gasteiger partial charge in [0.05, 0.1) is 7.11 Å². The first-order chi connectivity index (χ1) is 17.7. The topological polar surface area (TPSA) is 107 Å². The van der Waals surface area contributed by atoms with Gasteiger partial charge in [0, 0.05) is 29.6 Å². The number of hydrogen-bond acceptors (Lipinski definition) is 6. The van der Waals surface area contributed by atoms with Gasteiger partial charge in [0.25, 0.3) is 0 Å². The van der Waals surface area contributed by atoms with Crippen molar-refractivity contribution in [2.75, 3.05) is 13.7 Å². The molecule has 1 atom stereocenters. The molecule has 0 saturated carbocycles. The van der Waals surface area contributed by atoms with Gasteiger partial charge < -0.3 is 19.8 Å². The molecule has 0 aliphatic heterocycles. The van der Waals surface area contributed by atoms with Crippen molar-refractivity contribution in [3.63, 3.8) is 0 Å². The Kier molecular flexibility index (Phi) is 6.88. The molecule has 9 nitrogen and oxygen atoms in total. The first-order valence-electron chi connectivity index (χ1n) is 11.6. The van der Waals surface area contributed by atoms with Crippen LogP contribution in [0.5, 0.6) is 11.5 Å². The zero-order valence-corrected chi connectivity index (χ0v) is 19.8. The molecule has 182 valence electrons. The van der Waals surface area contributed by atoms with Gasteiger partial charge in [-0.1, -0.05) is 48.5 Å². The average Bonchev–Trinajstić information content (AvgIpc) is 3.56. The van der Waals surface area contributed by atoms with Crippen LogP contribution < -0.4 is 14.8 Å². The summed E-state index contributed by atoms with van der Waals surface area (Å²) in [5.74, 6) is 1.63. The lowest BCUT2D eigenvalue weighted by Crippen LogP contribution is -2.32. The number of rotatable bonds is 10. The molecule has 0 radical (unpaired) electrons. The van der Waals surface area contributed by atoms with Crippen LogP contribution in [-0.2, 0) is 17.9 Å². The van der Waals surface area contributed by atoms with Crippen molar-refractivity contribution in [3.8, 4) is 11.5 Å². The van der Waals surface area contributed by atoms with Gasteiger partial charge in [0.1, 0.15) is 18.0 Å². The quantitative estimate of drug-likeness (QED) is 0.314. The van der Waals surface area contributed by atoms with Gasteiger partial charge in [0.15, 0.2) is 6.61 Å². The van der Waals surface area contributed by atoms with Crippen LogP contribution in [0, 0.1) is 0 Å².